The Balaban J connectivity index is 4.55. The highest BCUT2D eigenvalue weighted by Crippen LogP contribution is 1.98. The van der Waals surface area contributed by atoms with Crippen molar-refractivity contribution in [3.63, 3.8) is 0 Å². The van der Waals surface area contributed by atoms with E-state index >= 15 is 0 Å². The lowest BCUT2D eigenvalue weighted by atomic mass is 10.4. The molecule has 0 rings (SSSR count). The standard InChI is InChI=1S/C11H16N2O2/c1-4-7-12(8-5-2)11(15)13(10-14)9-6-3/h4-6,10H,1-3,7-9H2. The van der Waals surface area contributed by atoms with Gasteiger partial charge in [0.05, 0.1) is 0 Å². The molecule has 0 aromatic heterocycles. The Bertz CT molecular complexity index is 251. The van der Waals surface area contributed by atoms with Crippen LogP contribution in [0.4, 0.5) is 4.79 Å². The minimum absolute atomic E-state index is 0.202. The molecule has 0 aliphatic rings. The van der Waals surface area contributed by atoms with E-state index in [-0.39, 0.29) is 12.6 Å². The van der Waals surface area contributed by atoms with E-state index in [0.717, 1.165) is 4.90 Å². The second-order valence-electron chi connectivity index (χ2n) is 2.81. The van der Waals surface area contributed by atoms with E-state index in [1.807, 2.05) is 0 Å². The van der Waals surface area contributed by atoms with E-state index in [9.17, 15) is 9.59 Å². The Labute approximate surface area is 90.2 Å². The van der Waals surface area contributed by atoms with Crippen LogP contribution in [0.15, 0.2) is 38.0 Å². The van der Waals surface area contributed by atoms with Crippen molar-refractivity contribution in [1.29, 1.82) is 0 Å². The van der Waals surface area contributed by atoms with Crippen molar-refractivity contribution in [3.05, 3.63) is 38.0 Å². The van der Waals surface area contributed by atoms with Gasteiger partial charge in [-0.3, -0.25) is 9.69 Å². The molecule has 0 aliphatic carbocycles. The smallest absolute Gasteiger partial charge is 0.317 e. The molecule has 0 unspecified atom stereocenters. The summed E-state index contributed by atoms with van der Waals surface area (Å²) in [5.74, 6) is 0. The third-order valence-electron chi connectivity index (χ3n) is 1.67. The molecule has 0 radical (unpaired) electrons. The number of carbonyl (C=O) groups is 2. The zero-order valence-electron chi connectivity index (χ0n) is 8.76. The van der Waals surface area contributed by atoms with E-state index in [0.29, 0.717) is 19.5 Å². The van der Waals surface area contributed by atoms with Gasteiger partial charge in [-0.2, -0.15) is 0 Å². The summed E-state index contributed by atoms with van der Waals surface area (Å²) < 4.78 is 0. The van der Waals surface area contributed by atoms with Gasteiger partial charge in [-0.1, -0.05) is 18.2 Å². The average molecular weight is 208 g/mol. The Morgan fingerprint density at radius 3 is 1.80 bits per heavy atom. The van der Waals surface area contributed by atoms with E-state index in [1.165, 1.54) is 11.0 Å². The molecule has 82 valence electrons. The van der Waals surface area contributed by atoms with Crippen LogP contribution in [-0.2, 0) is 4.79 Å². The van der Waals surface area contributed by atoms with Gasteiger partial charge in [-0.25, -0.2) is 4.79 Å². The van der Waals surface area contributed by atoms with Gasteiger partial charge >= 0.3 is 6.03 Å². The Morgan fingerprint density at radius 1 is 1.00 bits per heavy atom. The van der Waals surface area contributed by atoms with E-state index in [1.54, 1.807) is 12.2 Å². The van der Waals surface area contributed by atoms with Crippen LogP contribution in [0.2, 0.25) is 0 Å². The first-order chi connectivity index (χ1) is 7.21. The number of rotatable bonds is 7. The van der Waals surface area contributed by atoms with Crippen LogP contribution in [-0.4, -0.2) is 41.9 Å². The quantitative estimate of drug-likeness (QED) is 0.469. The molecule has 0 atom stereocenters. The van der Waals surface area contributed by atoms with Crippen LogP contribution in [0.1, 0.15) is 0 Å². The van der Waals surface area contributed by atoms with Gasteiger partial charge in [0.2, 0.25) is 6.41 Å². The molecule has 0 heterocycles. The monoisotopic (exact) mass is 208 g/mol. The Morgan fingerprint density at radius 2 is 1.47 bits per heavy atom. The topological polar surface area (TPSA) is 40.6 Å². The molecule has 4 nitrogen and oxygen atoms in total. The lowest BCUT2D eigenvalue weighted by Crippen LogP contribution is -2.42. The maximum atomic E-state index is 11.7. The molecule has 0 spiro atoms. The predicted molar refractivity (Wildman–Crippen MR) is 60.3 cm³/mol. The molecule has 0 bridgehead atoms. The summed E-state index contributed by atoms with van der Waals surface area (Å²) >= 11 is 0. The molecule has 0 aromatic carbocycles. The van der Waals surface area contributed by atoms with Gasteiger partial charge in [0.15, 0.2) is 0 Å². The lowest BCUT2D eigenvalue weighted by molar-refractivity contribution is -0.115. The first kappa shape index (κ1) is 13.2. The van der Waals surface area contributed by atoms with E-state index in [2.05, 4.69) is 19.7 Å². The summed E-state index contributed by atoms with van der Waals surface area (Å²) in [5, 5.41) is 0. The number of imide groups is 1. The van der Waals surface area contributed by atoms with Crippen molar-refractivity contribution < 1.29 is 9.59 Å². The number of nitrogens with zero attached hydrogens (tertiary/aromatic N) is 2. The molecule has 0 aromatic rings. The number of carbonyl (C=O) groups excluding carboxylic acids is 2. The van der Waals surface area contributed by atoms with Gasteiger partial charge in [-0.05, 0) is 0 Å². The molecule has 15 heavy (non-hydrogen) atoms. The first-order valence-corrected chi connectivity index (χ1v) is 4.54. The minimum atomic E-state index is -0.371. The molecule has 4 heteroatoms. The fourth-order valence-corrected chi connectivity index (χ4v) is 1.03. The molecular formula is C11H16N2O2. The van der Waals surface area contributed by atoms with Crippen LogP contribution in [0.5, 0.6) is 0 Å². The first-order valence-electron chi connectivity index (χ1n) is 4.54. The van der Waals surface area contributed by atoms with Crippen LogP contribution >= 0.6 is 0 Å². The van der Waals surface area contributed by atoms with Gasteiger partial charge in [0.25, 0.3) is 0 Å². The van der Waals surface area contributed by atoms with Gasteiger partial charge in [0.1, 0.15) is 0 Å². The van der Waals surface area contributed by atoms with Crippen LogP contribution in [0.25, 0.3) is 0 Å². The highest BCUT2D eigenvalue weighted by molar-refractivity contribution is 5.85. The van der Waals surface area contributed by atoms with Crippen LogP contribution in [0, 0.1) is 0 Å². The lowest BCUT2D eigenvalue weighted by Gasteiger charge is -2.24. The maximum Gasteiger partial charge on any atom is 0.327 e. The van der Waals surface area contributed by atoms with Gasteiger partial charge < -0.3 is 4.90 Å². The normalized spacial score (nSPS) is 8.80. The predicted octanol–water partition coefficient (Wildman–Crippen LogP) is 1.42. The highest BCUT2D eigenvalue weighted by Gasteiger charge is 2.16. The zero-order valence-corrected chi connectivity index (χ0v) is 8.76. The van der Waals surface area contributed by atoms with Crippen molar-refractivity contribution in [2.75, 3.05) is 19.6 Å². The third kappa shape index (κ3) is 4.26. The summed E-state index contributed by atoms with van der Waals surface area (Å²) in [5.41, 5.74) is 0. The summed E-state index contributed by atoms with van der Waals surface area (Å²) in [6.45, 7) is 11.5. The number of amides is 3. The largest absolute Gasteiger partial charge is 0.327 e. The van der Waals surface area contributed by atoms with Crippen molar-refractivity contribution >= 4 is 12.4 Å². The minimum Gasteiger partial charge on any atom is -0.317 e. The molecule has 0 fully saturated rings. The van der Waals surface area contributed by atoms with Crippen molar-refractivity contribution in [2.45, 2.75) is 0 Å². The SMILES string of the molecule is C=CCN(C=O)C(=O)N(CC=C)CC=C. The average Bonchev–Trinajstić information content (AvgIpc) is 2.24. The maximum absolute atomic E-state index is 11.7. The third-order valence-corrected chi connectivity index (χ3v) is 1.67. The second kappa shape index (κ2) is 7.55. The fourth-order valence-electron chi connectivity index (χ4n) is 1.03. The highest BCUT2D eigenvalue weighted by atomic mass is 16.2. The van der Waals surface area contributed by atoms with Crippen molar-refractivity contribution in [3.8, 4) is 0 Å². The fraction of sp³-hybridized carbons (Fsp3) is 0.273. The molecule has 0 aliphatic heterocycles. The summed E-state index contributed by atoms with van der Waals surface area (Å²) in [7, 11) is 0. The number of hydrogen-bond donors (Lipinski definition) is 0. The second-order valence-corrected chi connectivity index (χ2v) is 2.81. The Hall–Kier alpha value is -1.84. The molecular weight excluding hydrogens is 192 g/mol. The van der Waals surface area contributed by atoms with Gasteiger partial charge in [0, 0.05) is 19.6 Å². The van der Waals surface area contributed by atoms with Crippen LogP contribution < -0.4 is 0 Å². The van der Waals surface area contributed by atoms with Crippen LogP contribution in [0.3, 0.4) is 0 Å². The molecule has 3 amide bonds. The molecule has 0 saturated carbocycles. The van der Waals surface area contributed by atoms with Gasteiger partial charge in [-0.15, -0.1) is 19.7 Å². The number of urea groups is 1. The summed E-state index contributed by atoms with van der Waals surface area (Å²) in [4.78, 5) is 24.8. The Kier molecular flexibility index (Phi) is 6.63. The summed E-state index contributed by atoms with van der Waals surface area (Å²) in [6.07, 6.45) is 5.17. The summed E-state index contributed by atoms with van der Waals surface area (Å²) in [6, 6.07) is -0.371. The molecule has 0 saturated heterocycles. The van der Waals surface area contributed by atoms with E-state index < -0.39 is 0 Å². The zero-order chi connectivity index (χ0) is 11.7. The molecule has 0 N–H and O–H groups in total. The van der Waals surface area contributed by atoms with E-state index in [4.69, 9.17) is 0 Å². The number of hydrogen-bond acceptors (Lipinski definition) is 2. The van der Waals surface area contributed by atoms with Crippen molar-refractivity contribution in [1.82, 2.24) is 9.80 Å². The van der Waals surface area contributed by atoms with Crippen molar-refractivity contribution in [2.24, 2.45) is 0 Å².